The quantitative estimate of drug-likeness (QED) is 0.349. The first-order valence-electron chi connectivity index (χ1n) is 8.08. The van der Waals surface area contributed by atoms with Gasteiger partial charge in [0.1, 0.15) is 30.5 Å². The van der Waals surface area contributed by atoms with E-state index in [1.54, 1.807) is 24.3 Å². The van der Waals surface area contributed by atoms with E-state index in [0.29, 0.717) is 11.5 Å². The number of para-hydroxylation sites is 1. The molecule has 1 aromatic heterocycles. The molecule has 0 spiro atoms. The van der Waals surface area contributed by atoms with Crippen LogP contribution in [-0.4, -0.2) is 30.1 Å². The molecule has 138 valence electrons. The number of ether oxygens (including phenoxy) is 3. The van der Waals surface area contributed by atoms with Gasteiger partial charge in [0.2, 0.25) is 0 Å². The van der Waals surface area contributed by atoms with Crippen molar-refractivity contribution in [3.8, 4) is 23.2 Å². The van der Waals surface area contributed by atoms with Crippen molar-refractivity contribution in [2.75, 3.05) is 13.2 Å². The monoisotopic (exact) mass is 368 g/mol. The SMILES string of the molecule is O=C(O)C(=O)c1ccc(OCCOc2ccc(Oc3ccccc3)cc2)o1. The van der Waals surface area contributed by atoms with Gasteiger partial charge in [0, 0.05) is 6.07 Å². The molecule has 0 aliphatic carbocycles. The summed E-state index contributed by atoms with van der Waals surface area (Å²) in [5, 5.41) is 8.61. The minimum atomic E-state index is -1.58. The molecule has 3 aromatic rings. The molecule has 0 aliphatic rings. The number of ketones is 1. The molecular weight excluding hydrogens is 352 g/mol. The van der Waals surface area contributed by atoms with Crippen LogP contribution in [0.4, 0.5) is 0 Å². The normalized spacial score (nSPS) is 10.2. The van der Waals surface area contributed by atoms with E-state index >= 15 is 0 Å². The van der Waals surface area contributed by atoms with Gasteiger partial charge >= 0.3 is 11.8 Å². The van der Waals surface area contributed by atoms with E-state index in [-0.39, 0.29) is 24.9 Å². The molecule has 0 saturated heterocycles. The molecule has 1 N–H and O–H groups in total. The smallest absolute Gasteiger partial charge is 0.380 e. The van der Waals surface area contributed by atoms with Crippen molar-refractivity contribution >= 4 is 11.8 Å². The van der Waals surface area contributed by atoms with Crippen molar-refractivity contribution in [3.63, 3.8) is 0 Å². The van der Waals surface area contributed by atoms with Crippen LogP contribution in [0, 0.1) is 0 Å². The topological polar surface area (TPSA) is 95.2 Å². The third-order valence-electron chi connectivity index (χ3n) is 3.40. The van der Waals surface area contributed by atoms with Crippen molar-refractivity contribution in [2.24, 2.45) is 0 Å². The van der Waals surface area contributed by atoms with Gasteiger partial charge in [0.25, 0.3) is 5.95 Å². The van der Waals surface area contributed by atoms with Crippen LogP contribution in [0.2, 0.25) is 0 Å². The first-order chi connectivity index (χ1) is 13.1. The Balaban J connectivity index is 1.43. The number of rotatable bonds is 9. The van der Waals surface area contributed by atoms with Gasteiger partial charge in [0.05, 0.1) is 0 Å². The Morgan fingerprint density at radius 2 is 1.41 bits per heavy atom. The van der Waals surface area contributed by atoms with Gasteiger partial charge in [-0.05, 0) is 42.5 Å². The van der Waals surface area contributed by atoms with E-state index < -0.39 is 11.8 Å². The fourth-order valence-electron chi connectivity index (χ4n) is 2.16. The highest BCUT2D eigenvalue weighted by Gasteiger charge is 2.19. The number of hydrogen-bond donors (Lipinski definition) is 1. The first kappa shape index (κ1) is 18.1. The van der Waals surface area contributed by atoms with Crippen molar-refractivity contribution in [1.29, 1.82) is 0 Å². The summed E-state index contributed by atoms with van der Waals surface area (Å²) in [5.74, 6) is -0.866. The minimum Gasteiger partial charge on any atom is -0.490 e. The summed E-state index contributed by atoms with van der Waals surface area (Å²) in [6.07, 6.45) is 0. The van der Waals surface area contributed by atoms with Crippen molar-refractivity contribution in [1.82, 2.24) is 0 Å². The highest BCUT2D eigenvalue weighted by molar-refractivity contribution is 6.39. The minimum absolute atomic E-state index is 0.0507. The van der Waals surface area contributed by atoms with Crippen LogP contribution in [0.15, 0.2) is 71.1 Å². The molecule has 7 heteroatoms. The largest absolute Gasteiger partial charge is 0.490 e. The lowest BCUT2D eigenvalue weighted by atomic mass is 10.3. The zero-order chi connectivity index (χ0) is 19.1. The molecule has 2 aromatic carbocycles. The molecule has 0 saturated carbocycles. The Bertz CT molecular complexity index is 898. The standard InChI is InChI=1S/C20H16O7/c21-19(20(22)23)17-10-11-18(27-17)25-13-12-24-14-6-8-16(9-7-14)26-15-4-2-1-3-5-15/h1-11H,12-13H2,(H,22,23). The molecule has 0 atom stereocenters. The van der Waals surface area contributed by atoms with Gasteiger partial charge in [-0.25, -0.2) is 4.79 Å². The fraction of sp³-hybridized carbons (Fsp3) is 0.100. The highest BCUT2D eigenvalue weighted by atomic mass is 16.6. The van der Waals surface area contributed by atoms with E-state index in [1.807, 2.05) is 30.3 Å². The Hall–Kier alpha value is -3.74. The number of aliphatic carboxylic acids is 1. The molecule has 7 nitrogen and oxygen atoms in total. The Morgan fingerprint density at radius 1 is 0.778 bits per heavy atom. The van der Waals surface area contributed by atoms with E-state index in [9.17, 15) is 9.59 Å². The lowest BCUT2D eigenvalue weighted by molar-refractivity contribution is -0.131. The van der Waals surface area contributed by atoms with Crippen molar-refractivity contribution in [3.05, 3.63) is 72.5 Å². The summed E-state index contributed by atoms with van der Waals surface area (Å²) in [4.78, 5) is 21.8. The number of Topliss-reactive ketones (excluding diaryl/α,β-unsaturated/α-hetero) is 1. The zero-order valence-electron chi connectivity index (χ0n) is 14.2. The van der Waals surface area contributed by atoms with Gasteiger partial charge in [-0.15, -0.1) is 0 Å². The van der Waals surface area contributed by atoms with E-state index in [0.717, 1.165) is 5.75 Å². The summed E-state index contributed by atoms with van der Waals surface area (Å²) in [6, 6.07) is 19.2. The molecule has 0 bridgehead atoms. The maximum absolute atomic E-state index is 11.2. The number of carbonyl (C=O) groups is 2. The number of carbonyl (C=O) groups excluding carboxylic acids is 1. The molecule has 0 amide bonds. The van der Waals surface area contributed by atoms with Gasteiger partial charge < -0.3 is 23.7 Å². The summed E-state index contributed by atoms with van der Waals surface area (Å²) >= 11 is 0. The second-order valence-corrected chi connectivity index (χ2v) is 5.34. The second kappa shape index (κ2) is 8.57. The summed E-state index contributed by atoms with van der Waals surface area (Å²) in [5.41, 5.74) is 0. The van der Waals surface area contributed by atoms with Crippen LogP contribution in [0.1, 0.15) is 10.6 Å². The fourth-order valence-corrected chi connectivity index (χ4v) is 2.16. The summed E-state index contributed by atoms with van der Waals surface area (Å²) in [7, 11) is 0. The van der Waals surface area contributed by atoms with Crippen LogP contribution in [-0.2, 0) is 4.79 Å². The third-order valence-corrected chi connectivity index (χ3v) is 3.40. The molecule has 27 heavy (non-hydrogen) atoms. The van der Waals surface area contributed by atoms with E-state index in [4.69, 9.17) is 23.7 Å². The molecule has 0 unspecified atom stereocenters. The van der Waals surface area contributed by atoms with E-state index in [1.165, 1.54) is 12.1 Å². The number of benzene rings is 2. The van der Waals surface area contributed by atoms with Gasteiger partial charge in [-0.2, -0.15) is 0 Å². The first-order valence-corrected chi connectivity index (χ1v) is 8.08. The third kappa shape index (κ3) is 5.12. The van der Waals surface area contributed by atoms with Crippen LogP contribution < -0.4 is 14.2 Å². The zero-order valence-corrected chi connectivity index (χ0v) is 14.2. The molecule has 1 heterocycles. The van der Waals surface area contributed by atoms with Gasteiger partial charge in [0.15, 0.2) is 5.76 Å². The molecule has 0 fully saturated rings. The molecular formula is C20H16O7. The van der Waals surface area contributed by atoms with Crippen LogP contribution in [0.25, 0.3) is 0 Å². The van der Waals surface area contributed by atoms with Crippen LogP contribution in [0.3, 0.4) is 0 Å². The molecule has 0 radical (unpaired) electrons. The average molecular weight is 368 g/mol. The summed E-state index contributed by atoms with van der Waals surface area (Å²) < 4.78 is 21.5. The highest BCUT2D eigenvalue weighted by Crippen LogP contribution is 2.23. The Labute approximate surface area is 154 Å². The Morgan fingerprint density at radius 3 is 2.11 bits per heavy atom. The van der Waals surface area contributed by atoms with Crippen molar-refractivity contribution in [2.45, 2.75) is 0 Å². The van der Waals surface area contributed by atoms with E-state index in [2.05, 4.69) is 0 Å². The molecule has 3 rings (SSSR count). The number of carboxylic acid groups (broad SMARTS) is 1. The maximum Gasteiger partial charge on any atom is 0.380 e. The average Bonchev–Trinajstić information content (AvgIpc) is 3.15. The predicted molar refractivity (Wildman–Crippen MR) is 94.6 cm³/mol. The second-order valence-electron chi connectivity index (χ2n) is 5.34. The van der Waals surface area contributed by atoms with Crippen LogP contribution in [0.5, 0.6) is 23.2 Å². The maximum atomic E-state index is 11.2. The van der Waals surface area contributed by atoms with Gasteiger partial charge in [-0.1, -0.05) is 18.2 Å². The number of hydrogen-bond acceptors (Lipinski definition) is 6. The number of carboxylic acids is 1. The Kier molecular flexibility index (Phi) is 5.73. The predicted octanol–water partition coefficient (Wildman–Crippen LogP) is 3.80. The van der Waals surface area contributed by atoms with Gasteiger partial charge in [-0.3, -0.25) is 4.79 Å². The number of furan rings is 1. The van der Waals surface area contributed by atoms with Crippen LogP contribution >= 0.6 is 0 Å². The van der Waals surface area contributed by atoms with Crippen molar-refractivity contribution < 1.29 is 33.3 Å². The summed E-state index contributed by atoms with van der Waals surface area (Å²) in [6.45, 7) is 0.401. The lowest BCUT2D eigenvalue weighted by Gasteiger charge is -2.08. The lowest BCUT2D eigenvalue weighted by Crippen LogP contribution is -2.11. The molecule has 0 aliphatic heterocycles.